The largest absolute Gasteiger partial charge is 0.503 e. The molecule has 2 unspecified atom stereocenters. The van der Waals surface area contributed by atoms with E-state index in [1.807, 2.05) is 0 Å². The Bertz CT molecular complexity index is 1100. The Balaban J connectivity index is 1.65. The number of pyridine rings is 1. The number of aliphatic hydroxyl groups excluding tert-OH is 1. The maximum Gasteiger partial charge on any atom is 0.260 e. The van der Waals surface area contributed by atoms with E-state index in [0.717, 1.165) is 23.2 Å². The molecular weight excluding hydrogens is 422 g/mol. The van der Waals surface area contributed by atoms with Crippen molar-refractivity contribution in [2.75, 3.05) is 13.1 Å². The van der Waals surface area contributed by atoms with Crippen LogP contribution in [0.2, 0.25) is 0 Å². The normalized spacial score (nSPS) is 24.2. The van der Waals surface area contributed by atoms with Gasteiger partial charge in [-0.25, -0.2) is 17.6 Å². The SMILES string of the molecule is O=C(NCc1ccc(F)cc1F)c1cn2c(c(O)c1=O)C(O)N1C[C@H]2CCC(F)(F)C1. The molecule has 0 saturated carbocycles. The van der Waals surface area contributed by atoms with Crippen molar-refractivity contribution in [3.63, 3.8) is 0 Å². The standard InChI is InChI=1S/C20H19F4N3O4/c21-11-2-1-10(14(22)5-11)6-25-18(30)13-8-27-12-3-4-20(23,24)9-26(7-12)19(31)15(27)17(29)16(13)28/h1-2,5,8,12,19,29,31H,3-4,6-7,9H2,(H,25,30)/t12-,19?/m1/s1. The van der Waals surface area contributed by atoms with Crippen LogP contribution >= 0.6 is 0 Å². The molecular formula is C20H19F4N3O4. The predicted octanol–water partition coefficient (Wildman–Crippen LogP) is 2.04. The van der Waals surface area contributed by atoms with Gasteiger partial charge >= 0.3 is 0 Å². The summed E-state index contributed by atoms with van der Waals surface area (Å²) in [5.74, 6) is -6.56. The number of benzene rings is 1. The van der Waals surface area contributed by atoms with Crippen molar-refractivity contribution in [1.82, 2.24) is 14.8 Å². The van der Waals surface area contributed by atoms with Crippen LogP contribution in [-0.2, 0) is 6.54 Å². The molecule has 0 radical (unpaired) electrons. The summed E-state index contributed by atoms with van der Waals surface area (Å²) in [6.45, 7) is -1.02. The molecule has 1 fully saturated rings. The number of aliphatic hydroxyl groups is 1. The van der Waals surface area contributed by atoms with Gasteiger partial charge in [-0.1, -0.05) is 6.07 Å². The fraction of sp³-hybridized carbons (Fsp3) is 0.400. The van der Waals surface area contributed by atoms with Gasteiger partial charge in [-0.3, -0.25) is 14.5 Å². The number of aromatic hydroxyl groups is 1. The number of amides is 1. The number of carbonyl (C=O) groups is 1. The van der Waals surface area contributed by atoms with Crippen LogP contribution in [0.1, 0.15) is 46.7 Å². The molecule has 2 aliphatic heterocycles. The van der Waals surface area contributed by atoms with Gasteiger partial charge in [0.2, 0.25) is 5.43 Å². The maximum absolute atomic E-state index is 14.0. The third-order valence-corrected chi connectivity index (χ3v) is 5.65. The Labute approximate surface area is 173 Å². The second-order valence-corrected chi connectivity index (χ2v) is 7.78. The molecule has 1 aromatic carbocycles. The number of rotatable bonds is 3. The van der Waals surface area contributed by atoms with Crippen molar-refractivity contribution in [2.45, 2.75) is 37.6 Å². The molecule has 0 aliphatic carbocycles. The molecule has 2 aromatic rings. The van der Waals surface area contributed by atoms with Gasteiger partial charge in [-0.05, 0) is 12.5 Å². The summed E-state index contributed by atoms with van der Waals surface area (Å²) in [5, 5.41) is 23.2. The lowest BCUT2D eigenvalue weighted by molar-refractivity contribution is -0.0883. The molecule has 1 amide bonds. The van der Waals surface area contributed by atoms with Crippen LogP contribution in [0.3, 0.4) is 0 Å². The summed E-state index contributed by atoms with van der Waals surface area (Å²) in [4.78, 5) is 26.2. The average molecular weight is 441 g/mol. The zero-order chi connectivity index (χ0) is 22.5. The van der Waals surface area contributed by atoms with E-state index in [0.29, 0.717) is 6.07 Å². The first-order chi connectivity index (χ1) is 14.6. The van der Waals surface area contributed by atoms with Crippen molar-refractivity contribution in [3.8, 4) is 5.75 Å². The van der Waals surface area contributed by atoms with Gasteiger partial charge in [0.1, 0.15) is 22.9 Å². The lowest BCUT2D eigenvalue weighted by Gasteiger charge is -2.38. The van der Waals surface area contributed by atoms with Gasteiger partial charge in [-0.15, -0.1) is 0 Å². The smallest absolute Gasteiger partial charge is 0.260 e. The first-order valence-electron chi connectivity index (χ1n) is 9.57. The number of fused-ring (bicyclic) bond motifs is 4. The quantitative estimate of drug-likeness (QED) is 0.634. The molecule has 1 aromatic heterocycles. The van der Waals surface area contributed by atoms with Crippen molar-refractivity contribution in [3.05, 3.63) is 63.1 Å². The molecule has 7 nitrogen and oxygen atoms in total. The van der Waals surface area contributed by atoms with Crippen LogP contribution in [0.5, 0.6) is 5.75 Å². The molecule has 1 saturated heterocycles. The topological polar surface area (TPSA) is 94.8 Å². The van der Waals surface area contributed by atoms with Gasteiger partial charge in [0.05, 0.1) is 6.54 Å². The highest BCUT2D eigenvalue weighted by Gasteiger charge is 2.44. The Morgan fingerprint density at radius 3 is 2.74 bits per heavy atom. The number of alkyl halides is 2. The summed E-state index contributed by atoms with van der Waals surface area (Å²) >= 11 is 0. The summed E-state index contributed by atoms with van der Waals surface area (Å²) in [7, 11) is 0. The number of nitrogens with one attached hydrogen (secondary N) is 1. The first kappa shape index (κ1) is 21.3. The van der Waals surface area contributed by atoms with Crippen molar-refractivity contribution in [1.29, 1.82) is 0 Å². The third kappa shape index (κ3) is 3.90. The van der Waals surface area contributed by atoms with E-state index in [1.54, 1.807) is 0 Å². The molecule has 166 valence electrons. The summed E-state index contributed by atoms with van der Waals surface area (Å²) in [5.41, 5.74) is -1.84. The lowest BCUT2D eigenvalue weighted by Crippen LogP contribution is -2.45. The highest BCUT2D eigenvalue weighted by molar-refractivity contribution is 5.94. The van der Waals surface area contributed by atoms with Crippen LogP contribution in [0.25, 0.3) is 0 Å². The van der Waals surface area contributed by atoms with Crippen LogP contribution in [-0.4, -0.2) is 44.6 Å². The van der Waals surface area contributed by atoms with E-state index in [1.165, 1.54) is 4.57 Å². The predicted molar refractivity (Wildman–Crippen MR) is 99.6 cm³/mol. The highest BCUT2D eigenvalue weighted by atomic mass is 19.3. The fourth-order valence-corrected chi connectivity index (χ4v) is 4.06. The van der Waals surface area contributed by atoms with Gasteiger partial charge in [0.15, 0.2) is 12.0 Å². The van der Waals surface area contributed by atoms with E-state index in [9.17, 15) is 37.4 Å². The zero-order valence-electron chi connectivity index (χ0n) is 16.1. The molecule has 11 heteroatoms. The minimum Gasteiger partial charge on any atom is -0.503 e. The van der Waals surface area contributed by atoms with Crippen LogP contribution in [0, 0.1) is 11.6 Å². The Hall–Kier alpha value is -2.92. The van der Waals surface area contributed by atoms with E-state index in [2.05, 4.69) is 5.32 Å². The molecule has 3 atom stereocenters. The number of hydrogen-bond acceptors (Lipinski definition) is 5. The first-order valence-corrected chi connectivity index (χ1v) is 9.57. The molecule has 3 N–H and O–H groups in total. The summed E-state index contributed by atoms with van der Waals surface area (Å²) in [6.07, 6.45) is -0.979. The Morgan fingerprint density at radius 2 is 2.03 bits per heavy atom. The number of halogens is 4. The zero-order valence-corrected chi connectivity index (χ0v) is 16.1. The van der Waals surface area contributed by atoms with Crippen LogP contribution in [0.15, 0.2) is 29.2 Å². The van der Waals surface area contributed by atoms with Gasteiger partial charge in [0, 0.05) is 43.4 Å². The molecule has 2 aliphatic rings. The minimum absolute atomic E-state index is 0.00732. The Morgan fingerprint density at radius 1 is 1.29 bits per heavy atom. The van der Waals surface area contributed by atoms with E-state index in [-0.39, 0.29) is 30.8 Å². The molecule has 0 spiro atoms. The summed E-state index contributed by atoms with van der Waals surface area (Å²) in [6, 6.07) is 2.20. The number of hydrogen-bond donors (Lipinski definition) is 3. The fourth-order valence-electron chi connectivity index (χ4n) is 4.06. The lowest BCUT2D eigenvalue weighted by atomic mass is 10.0. The van der Waals surface area contributed by atoms with Crippen LogP contribution in [0.4, 0.5) is 17.6 Å². The van der Waals surface area contributed by atoms with Gasteiger partial charge in [-0.2, -0.15) is 0 Å². The molecule has 2 bridgehead atoms. The minimum atomic E-state index is -3.05. The summed E-state index contributed by atoms with van der Waals surface area (Å²) < 4.78 is 56.1. The van der Waals surface area contributed by atoms with E-state index < -0.39 is 65.4 Å². The van der Waals surface area contributed by atoms with Crippen molar-refractivity contribution >= 4 is 5.91 Å². The maximum atomic E-state index is 14.0. The van der Waals surface area contributed by atoms with E-state index >= 15 is 0 Å². The number of carbonyl (C=O) groups excluding carboxylic acids is 1. The van der Waals surface area contributed by atoms with E-state index in [4.69, 9.17) is 0 Å². The van der Waals surface area contributed by atoms with Gasteiger partial charge < -0.3 is 20.1 Å². The number of nitrogens with zero attached hydrogens (tertiary/aromatic N) is 2. The molecule has 4 rings (SSSR count). The molecule has 3 heterocycles. The monoisotopic (exact) mass is 441 g/mol. The van der Waals surface area contributed by atoms with Gasteiger partial charge in [0.25, 0.3) is 11.8 Å². The number of aromatic nitrogens is 1. The van der Waals surface area contributed by atoms with Crippen LogP contribution < -0.4 is 10.7 Å². The average Bonchev–Trinajstić information content (AvgIpc) is 2.84. The van der Waals surface area contributed by atoms with Crippen molar-refractivity contribution in [2.24, 2.45) is 0 Å². The third-order valence-electron chi connectivity index (χ3n) is 5.65. The van der Waals surface area contributed by atoms with Crippen molar-refractivity contribution < 1.29 is 32.6 Å². The second-order valence-electron chi connectivity index (χ2n) is 7.78. The molecule has 31 heavy (non-hydrogen) atoms. The second kappa shape index (κ2) is 7.65. The highest BCUT2D eigenvalue weighted by Crippen LogP contribution is 2.41. The Kier molecular flexibility index (Phi) is 5.26.